The average molecular weight is 364 g/mol. The van der Waals surface area contributed by atoms with E-state index in [4.69, 9.17) is 0 Å². The van der Waals surface area contributed by atoms with E-state index in [2.05, 4.69) is 17.4 Å². The summed E-state index contributed by atoms with van der Waals surface area (Å²) in [4.78, 5) is 26.9. The van der Waals surface area contributed by atoms with Crippen LogP contribution in [0.3, 0.4) is 0 Å². The molecule has 0 radical (unpaired) electrons. The molecule has 2 amide bonds. The zero-order valence-electron chi connectivity index (χ0n) is 16.0. The van der Waals surface area contributed by atoms with Crippen molar-refractivity contribution in [3.8, 4) is 0 Å². The Balaban J connectivity index is 1.39. The maximum Gasteiger partial charge on any atom is 0.253 e. The van der Waals surface area contributed by atoms with Gasteiger partial charge in [-0.3, -0.25) is 9.59 Å². The Morgan fingerprint density at radius 3 is 2.48 bits per heavy atom. The molecule has 0 unspecified atom stereocenters. The Bertz CT molecular complexity index is 765. The zero-order chi connectivity index (χ0) is 19.1. The van der Waals surface area contributed by atoms with Crippen LogP contribution in [0.5, 0.6) is 0 Å². The number of carbonyl (C=O) groups is 2. The standard InChI is InChI=1S/C23H28N2O2/c1-18-7-5-11-21(17-18)23(27)25-15-12-20(13-16-25)22(26)24-14-6-10-19-8-3-2-4-9-19/h2-5,7-9,11,17,20H,6,10,12-16H2,1H3,(H,24,26). The minimum Gasteiger partial charge on any atom is -0.356 e. The van der Waals surface area contributed by atoms with Gasteiger partial charge in [0.1, 0.15) is 0 Å². The first kappa shape index (κ1) is 19.2. The van der Waals surface area contributed by atoms with E-state index in [1.165, 1.54) is 5.56 Å². The van der Waals surface area contributed by atoms with Crippen LogP contribution in [-0.4, -0.2) is 36.3 Å². The number of rotatable bonds is 6. The van der Waals surface area contributed by atoms with Crippen LogP contribution in [0.2, 0.25) is 0 Å². The normalized spacial score (nSPS) is 14.8. The van der Waals surface area contributed by atoms with Gasteiger partial charge in [0.15, 0.2) is 0 Å². The quantitative estimate of drug-likeness (QED) is 0.796. The maximum atomic E-state index is 12.6. The summed E-state index contributed by atoms with van der Waals surface area (Å²) in [6.45, 7) is 3.99. The van der Waals surface area contributed by atoms with Gasteiger partial charge in [0.05, 0.1) is 0 Å². The number of benzene rings is 2. The van der Waals surface area contributed by atoms with E-state index in [0.717, 1.165) is 36.8 Å². The van der Waals surface area contributed by atoms with Crippen molar-refractivity contribution in [1.82, 2.24) is 10.2 Å². The summed E-state index contributed by atoms with van der Waals surface area (Å²) < 4.78 is 0. The molecule has 1 saturated heterocycles. The van der Waals surface area contributed by atoms with Crippen LogP contribution in [-0.2, 0) is 11.2 Å². The SMILES string of the molecule is Cc1cccc(C(=O)N2CCC(C(=O)NCCCc3ccccc3)CC2)c1. The molecule has 3 rings (SSSR count). The number of nitrogens with one attached hydrogen (secondary N) is 1. The second-order valence-electron chi connectivity index (χ2n) is 7.32. The minimum atomic E-state index is 0.0169. The summed E-state index contributed by atoms with van der Waals surface area (Å²) in [6.07, 6.45) is 3.40. The number of piperidine rings is 1. The predicted octanol–water partition coefficient (Wildman–Crippen LogP) is 3.60. The molecule has 2 aromatic rings. The lowest BCUT2D eigenvalue weighted by Crippen LogP contribution is -2.43. The third kappa shape index (κ3) is 5.43. The highest BCUT2D eigenvalue weighted by atomic mass is 16.2. The monoisotopic (exact) mass is 364 g/mol. The largest absolute Gasteiger partial charge is 0.356 e. The summed E-state index contributed by atoms with van der Waals surface area (Å²) in [7, 11) is 0. The first-order chi connectivity index (χ1) is 13.1. The Kier molecular flexibility index (Phi) is 6.64. The van der Waals surface area contributed by atoms with Crippen LogP contribution in [0.15, 0.2) is 54.6 Å². The van der Waals surface area contributed by atoms with E-state index < -0.39 is 0 Å². The molecule has 0 spiro atoms. The van der Waals surface area contributed by atoms with Crippen molar-refractivity contribution < 1.29 is 9.59 Å². The van der Waals surface area contributed by atoms with Crippen LogP contribution in [0.25, 0.3) is 0 Å². The maximum absolute atomic E-state index is 12.6. The lowest BCUT2D eigenvalue weighted by molar-refractivity contribution is -0.126. The van der Waals surface area contributed by atoms with Crippen LogP contribution in [0.4, 0.5) is 0 Å². The van der Waals surface area contributed by atoms with Crippen LogP contribution < -0.4 is 5.32 Å². The predicted molar refractivity (Wildman–Crippen MR) is 108 cm³/mol. The van der Waals surface area contributed by atoms with Gasteiger partial charge in [-0.15, -0.1) is 0 Å². The smallest absolute Gasteiger partial charge is 0.253 e. The number of hydrogen-bond donors (Lipinski definition) is 1. The molecule has 1 heterocycles. The molecule has 0 aromatic heterocycles. The lowest BCUT2D eigenvalue weighted by atomic mass is 9.95. The van der Waals surface area contributed by atoms with Crippen LogP contribution in [0, 0.1) is 12.8 Å². The van der Waals surface area contributed by atoms with Gasteiger partial charge < -0.3 is 10.2 Å². The van der Waals surface area contributed by atoms with E-state index in [9.17, 15) is 9.59 Å². The summed E-state index contributed by atoms with van der Waals surface area (Å²) in [5.74, 6) is 0.217. The molecule has 2 aromatic carbocycles. The van der Waals surface area contributed by atoms with Gasteiger partial charge in [0.2, 0.25) is 5.91 Å². The summed E-state index contributed by atoms with van der Waals surface area (Å²) >= 11 is 0. The van der Waals surface area contributed by atoms with Gasteiger partial charge in [-0.2, -0.15) is 0 Å². The number of carbonyl (C=O) groups excluding carboxylic acids is 2. The van der Waals surface area contributed by atoms with Crippen molar-refractivity contribution >= 4 is 11.8 Å². The molecular formula is C23H28N2O2. The number of likely N-dealkylation sites (tertiary alicyclic amines) is 1. The van der Waals surface area contributed by atoms with Gasteiger partial charge in [-0.25, -0.2) is 0 Å². The Labute approximate surface area is 161 Å². The van der Waals surface area contributed by atoms with Crippen molar-refractivity contribution in [2.75, 3.05) is 19.6 Å². The van der Waals surface area contributed by atoms with Crippen LogP contribution in [0.1, 0.15) is 40.7 Å². The summed E-state index contributed by atoms with van der Waals surface area (Å²) in [5.41, 5.74) is 3.12. The van der Waals surface area contributed by atoms with Crippen molar-refractivity contribution in [3.05, 3.63) is 71.3 Å². The third-order valence-electron chi connectivity index (χ3n) is 5.20. The first-order valence-electron chi connectivity index (χ1n) is 9.81. The number of nitrogens with zero attached hydrogens (tertiary/aromatic N) is 1. The summed E-state index contributed by atoms with van der Waals surface area (Å²) in [6, 6.07) is 18.0. The van der Waals surface area contributed by atoms with Gasteiger partial charge in [-0.1, -0.05) is 48.0 Å². The number of amides is 2. The third-order valence-corrected chi connectivity index (χ3v) is 5.20. The fourth-order valence-electron chi connectivity index (χ4n) is 3.60. The second-order valence-corrected chi connectivity index (χ2v) is 7.32. The Morgan fingerprint density at radius 1 is 1.04 bits per heavy atom. The van der Waals surface area contributed by atoms with Crippen molar-refractivity contribution in [1.29, 1.82) is 0 Å². The fourth-order valence-corrected chi connectivity index (χ4v) is 3.60. The molecular weight excluding hydrogens is 336 g/mol. The summed E-state index contributed by atoms with van der Waals surface area (Å²) in [5, 5.41) is 3.06. The molecule has 1 aliphatic heterocycles. The molecule has 27 heavy (non-hydrogen) atoms. The molecule has 4 nitrogen and oxygen atoms in total. The fraction of sp³-hybridized carbons (Fsp3) is 0.391. The highest BCUT2D eigenvalue weighted by molar-refractivity contribution is 5.94. The number of aryl methyl sites for hydroxylation is 2. The van der Waals surface area contributed by atoms with Gasteiger partial charge >= 0.3 is 0 Å². The molecule has 142 valence electrons. The first-order valence-corrected chi connectivity index (χ1v) is 9.81. The van der Waals surface area contributed by atoms with E-state index in [1.54, 1.807) is 0 Å². The topological polar surface area (TPSA) is 49.4 Å². The van der Waals surface area contributed by atoms with Crippen molar-refractivity contribution in [2.45, 2.75) is 32.6 Å². The van der Waals surface area contributed by atoms with E-state index in [0.29, 0.717) is 19.6 Å². The van der Waals surface area contributed by atoms with Crippen molar-refractivity contribution in [2.24, 2.45) is 5.92 Å². The lowest BCUT2D eigenvalue weighted by Gasteiger charge is -2.31. The van der Waals surface area contributed by atoms with E-state index in [-0.39, 0.29) is 17.7 Å². The highest BCUT2D eigenvalue weighted by Gasteiger charge is 2.27. The molecule has 0 saturated carbocycles. The minimum absolute atomic E-state index is 0.0169. The average Bonchev–Trinajstić information content (AvgIpc) is 2.71. The van der Waals surface area contributed by atoms with Crippen LogP contribution >= 0.6 is 0 Å². The van der Waals surface area contributed by atoms with E-state index >= 15 is 0 Å². The molecule has 4 heteroatoms. The van der Waals surface area contributed by atoms with Crippen molar-refractivity contribution in [3.63, 3.8) is 0 Å². The molecule has 1 aliphatic rings. The van der Waals surface area contributed by atoms with Gasteiger partial charge in [0, 0.05) is 31.1 Å². The van der Waals surface area contributed by atoms with E-state index in [1.807, 2.05) is 54.3 Å². The molecule has 0 bridgehead atoms. The Hall–Kier alpha value is -2.62. The second kappa shape index (κ2) is 9.36. The zero-order valence-corrected chi connectivity index (χ0v) is 16.0. The molecule has 1 N–H and O–H groups in total. The van der Waals surface area contributed by atoms with Gasteiger partial charge in [0.25, 0.3) is 5.91 Å². The van der Waals surface area contributed by atoms with Gasteiger partial charge in [-0.05, 0) is 50.3 Å². The molecule has 1 fully saturated rings. The number of hydrogen-bond acceptors (Lipinski definition) is 2. The molecule has 0 atom stereocenters. The highest BCUT2D eigenvalue weighted by Crippen LogP contribution is 2.19. The Morgan fingerprint density at radius 2 is 1.78 bits per heavy atom. The molecule has 0 aliphatic carbocycles.